The Morgan fingerprint density at radius 3 is 2.37 bits per heavy atom. The zero-order valence-corrected chi connectivity index (χ0v) is 30.9. The minimum atomic E-state index is -1.01. The Bertz CT molecular complexity index is 1650. The number of ether oxygens (including phenoxy) is 1. The number of ketones is 1. The van der Waals surface area contributed by atoms with Gasteiger partial charge in [-0.05, 0) is 129 Å². The van der Waals surface area contributed by atoms with Crippen LogP contribution >= 0.6 is 0 Å². The summed E-state index contributed by atoms with van der Waals surface area (Å²) in [6.45, 7) is 16.7. The lowest BCUT2D eigenvalue weighted by molar-refractivity contribution is -0.202. The molecule has 272 valence electrons. The van der Waals surface area contributed by atoms with Gasteiger partial charge in [0.1, 0.15) is 0 Å². The van der Waals surface area contributed by atoms with E-state index in [1.165, 1.54) is 10.1 Å². The van der Waals surface area contributed by atoms with Crippen LogP contribution in [0.15, 0.2) is 27.4 Å². The first-order chi connectivity index (χ1) is 22.8. The van der Waals surface area contributed by atoms with Crippen molar-refractivity contribution in [3.63, 3.8) is 0 Å². The van der Waals surface area contributed by atoms with E-state index in [0.717, 1.165) is 70.4 Å². The number of allylic oxidation sites excluding steroid dienone is 2. The van der Waals surface area contributed by atoms with Crippen molar-refractivity contribution in [1.29, 1.82) is 0 Å². The van der Waals surface area contributed by atoms with Gasteiger partial charge in [0, 0.05) is 12.5 Å². The van der Waals surface area contributed by atoms with Crippen LogP contribution in [0.25, 0.3) is 0 Å². The lowest BCUT2D eigenvalue weighted by Crippen LogP contribution is -2.66. The minimum absolute atomic E-state index is 0.0449. The molecule has 4 saturated carbocycles. The lowest BCUT2D eigenvalue weighted by atomic mass is 9.33. The van der Waals surface area contributed by atoms with Crippen LogP contribution in [0.5, 0.6) is 0 Å². The molecular formula is C40H59FN2O6. The summed E-state index contributed by atoms with van der Waals surface area (Å²) in [4.78, 5) is 53.4. The van der Waals surface area contributed by atoms with Crippen LogP contribution in [0.2, 0.25) is 0 Å². The topological polar surface area (TPSA) is 118 Å². The van der Waals surface area contributed by atoms with Crippen molar-refractivity contribution in [3.8, 4) is 0 Å². The molecular weight excluding hydrogens is 623 g/mol. The number of hydrogen-bond acceptors (Lipinski definition) is 6. The third-order valence-corrected chi connectivity index (χ3v) is 15.5. The number of halogens is 1. The number of H-pyrrole nitrogens is 1. The van der Waals surface area contributed by atoms with E-state index in [0.29, 0.717) is 38.3 Å². The van der Waals surface area contributed by atoms with E-state index in [9.17, 15) is 28.7 Å². The second-order valence-corrected chi connectivity index (χ2v) is 18.6. The van der Waals surface area contributed by atoms with Crippen molar-refractivity contribution < 1.29 is 23.8 Å². The van der Waals surface area contributed by atoms with Gasteiger partial charge in [0.15, 0.2) is 5.78 Å². The van der Waals surface area contributed by atoms with E-state index in [-0.39, 0.29) is 56.8 Å². The first kappa shape index (κ1) is 36.2. The number of nitrogens with zero attached hydrogens (tertiary/aromatic N) is 1. The van der Waals surface area contributed by atoms with Gasteiger partial charge < -0.3 is 9.84 Å². The van der Waals surface area contributed by atoms with Crippen LogP contribution in [-0.2, 0) is 20.9 Å². The molecule has 0 amide bonds. The van der Waals surface area contributed by atoms with Crippen molar-refractivity contribution in [2.24, 2.45) is 50.2 Å². The predicted octanol–water partition coefficient (Wildman–Crippen LogP) is 7.12. The van der Waals surface area contributed by atoms with Crippen LogP contribution < -0.4 is 11.2 Å². The molecule has 0 spiro atoms. The molecule has 0 aromatic carbocycles. The number of carbonyl (C=O) groups excluding carboxylic acids is 2. The van der Waals surface area contributed by atoms with Crippen molar-refractivity contribution in [3.05, 3.63) is 44.5 Å². The molecule has 49 heavy (non-hydrogen) atoms. The number of carbonyl (C=O) groups is 2. The van der Waals surface area contributed by atoms with Crippen molar-refractivity contribution >= 4 is 11.8 Å². The number of fused-ring (bicyclic) bond motifs is 7. The van der Waals surface area contributed by atoms with Crippen molar-refractivity contribution in [2.45, 2.75) is 145 Å². The first-order valence-electron chi connectivity index (χ1n) is 18.9. The average Bonchev–Trinajstić information content (AvgIpc) is 3.02. The predicted molar refractivity (Wildman–Crippen MR) is 186 cm³/mol. The van der Waals surface area contributed by atoms with Crippen LogP contribution in [0, 0.1) is 56.1 Å². The van der Waals surface area contributed by atoms with Gasteiger partial charge in [-0.3, -0.25) is 23.9 Å². The Balaban J connectivity index is 1.12. The fraction of sp³-hybridized carbons (Fsp3) is 0.800. The molecule has 0 saturated heterocycles. The molecule has 4 fully saturated rings. The number of aliphatic hydroxyl groups is 1. The maximum atomic E-state index is 14.6. The molecule has 1 aromatic rings. The smallest absolute Gasteiger partial charge is 0.328 e. The van der Waals surface area contributed by atoms with Gasteiger partial charge in [-0.15, -0.1) is 0 Å². The summed E-state index contributed by atoms with van der Waals surface area (Å²) in [5.74, 6) is -0.477. The van der Waals surface area contributed by atoms with E-state index in [4.69, 9.17) is 4.74 Å². The Kier molecular flexibility index (Phi) is 9.10. The number of esters is 1. The maximum Gasteiger partial charge on any atom is 0.328 e. The molecule has 9 heteroatoms. The molecule has 9 atom stereocenters. The molecule has 0 bridgehead atoms. The molecule has 1 aromatic heterocycles. The summed E-state index contributed by atoms with van der Waals surface area (Å²) >= 11 is 0. The summed E-state index contributed by atoms with van der Waals surface area (Å²) in [7, 11) is 0. The summed E-state index contributed by atoms with van der Waals surface area (Å²) in [6, 6.07) is 0. The summed E-state index contributed by atoms with van der Waals surface area (Å²) < 4.78 is 20.6. The summed E-state index contributed by atoms with van der Waals surface area (Å²) in [6.07, 6.45) is 13.8. The third kappa shape index (κ3) is 5.63. The normalized spacial score (nSPS) is 41.1. The van der Waals surface area contributed by atoms with E-state index in [1.54, 1.807) is 0 Å². The number of aromatic amines is 1. The maximum absolute atomic E-state index is 14.6. The SMILES string of the molecule is CC1(C)[C@@H](O)CC[C@]2(C)[C@H]3C(=O)C=C4[C@@H]5C[C@@](C)(C(=O)OCCCCCCn6cc(F)c(=O)[nH]c6=O)CC[C@]5(C)CC[C@@]4(C)[C@]3(C)CC[C@@H]12. The number of nitrogens with one attached hydrogen (secondary N) is 1. The molecule has 2 N–H and O–H groups in total. The summed E-state index contributed by atoms with van der Waals surface area (Å²) in [5, 5.41) is 11.0. The highest BCUT2D eigenvalue weighted by Crippen LogP contribution is 2.75. The molecule has 8 nitrogen and oxygen atoms in total. The fourth-order valence-electron chi connectivity index (χ4n) is 12.1. The minimum Gasteiger partial charge on any atom is -0.465 e. The molecule has 1 heterocycles. The average molecular weight is 683 g/mol. The number of unbranched alkanes of at least 4 members (excludes halogenated alkanes) is 3. The van der Waals surface area contributed by atoms with Crippen LogP contribution in [-0.4, -0.2) is 39.1 Å². The van der Waals surface area contributed by atoms with E-state index in [2.05, 4.69) is 48.5 Å². The van der Waals surface area contributed by atoms with Crippen molar-refractivity contribution in [2.75, 3.05) is 6.61 Å². The Morgan fingerprint density at radius 2 is 1.63 bits per heavy atom. The largest absolute Gasteiger partial charge is 0.465 e. The van der Waals surface area contributed by atoms with Gasteiger partial charge in [-0.1, -0.05) is 53.5 Å². The zero-order chi connectivity index (χ0) is 35.8. The van der Waals surface area contributed by atoms with E-state index in [1.807, 2.05) is 11.1 Å². The molecule has 0 aliphatic heterocycles. The number of hydrogen-bond donors (Lipinski definition) is 2. The lowest BCUT2D eigenvalue weighted by Gasteiger charge is -2.70. The van der Waals surface area contributed by atoms with Gasteiger partial charge in [0.25, 0.3) is 5.56 Å². The standard InChI is InChI=1S/C40H59FN2O6/c1-35(2)29-12-15-40(7)31(38(29,5)14-13-30(35)45)28(44)22-25-26-23-37(4,17-16-36(26,3)18-19-39(25,40)6)33(47)49-21-11-9-8-10-20-43-24-27(41)32(46)42-34(43)48/h22,24,26,29-31,45H,8-21,23H2,1-7H3,(H,42,46,48)/t26-,29-,30-,31+,36+,37-,38-,39+,40+/m0/s1. The van der Waals surface area contributed by atoms with Crippen LogP contribution in [0.4, 0.5) is 4.39 Å². The second-order valence-electron chi connectivity index (χ2n) is 18.6. The molecule has 5 aliphatic rings. The Labute approximate surface area is 290 Å². The van der Waals surface area contributed by atoms with Gasteiger partial charge in [0.05, 0.1) is 24.3 Å². The van der Waals surface area contributed by atoms with Gasteiger partial charge in [-0.2, -0.15) is 4.39 Å². The fourth-order valence-corrected chi connectivity index (χ4v) is 12.1. The molecule has 5 aliphatic carbocycles. The molecule has 6 rings (SSSR count). The number of aromatic nitrogens is 2. The highest BCUT2D eigenvalue weighted by atomic mass is 19.1. The van der Waals surface area contributed by atoms with Gasteiger partial charge in [-0.25, -0.2) is 4.79 Å². The van der Waals surface area contributed by atoms with Gasteiger partial charge in [0.2, 0.25) is 5.82 Å². The quantitative estimate of drug-likeness (QED) is 0.223. The van der Waals surface area contributed by atoms with Crippen LogP contribution in [0.1, 0.15) is 132 Å². The molecule has 0 unspecified atom stereocenters. The van der Waals surface area contributed by atoms with E-state index >= 15 is 0 Å². The third-order valence-electron chi connectivity index (χ3n) is 15.5. The zero-order valence-electron chi connectivity index (χ0n) is 30.9. The van der Waals surface area contributed by atoms with Crippen molar-refractivity contribution in [1.82, 2.24) is 9.55 Å². The van der Waals surface area contributed by atoms with E-state index < -0.39 is 22.5 Å². The molecule has 0 radical (unpaired) electrons. The number of aryl methyl sites for hydroxylation is 1. The van der Waals surface area contributed by atoms with Gasteiger partial charge >= 0.3 is 11.7 Å². The summed E-state index contributed by atoms with van der Waals surface area (Å²) in [5.41, 5.74) is -1.59. The number of rotatable bonds is 8. The second kappa shape index (κ2) is 12.3. The highest BCUT2D eigenvalue weighted by Gasteiger charge is 2.70. The Hall–Kier alpha value is -2.55. The van der Waals surface area contributed by atoms with Crippen LogP contribution in [0.3, 0.4) is 0 Å². The Morgan fingerprint density at radius 1 is 0.939 bits per heavy atom. The highest BCUT2D eigenvalue weighted by molar-refractivity contribution is 5.95. The monoisotopic (exact) mass is 682 g/mol. The first-order valence-corrected chi connectivity index (χ1v) is 18.9. The number of aliphatic hydroxyl groups excluding tert-OH is 1.